The van der Waals surface area contributed by atoms with Crippen molar-refractivity contribution < 1.29 is 19.4 Å². The molecule has 0 saturated heterocycles. The average Bonchev–Trinajstić information content (AvgIpc) is 3.19. The Morgan fingerprint density at radius 2 is 1.91 bits per heavy atom. The molecule has 3 rings (SSSR count). The van der Waals surface area contributed by atoms with Gasteiger partial charge >= 0.3 is 5.97 Å². The van der Waals surface area contributed by atoms with Gasteiger partial charge in [-0.3, -0.25) is 9.59 Å². The number of aliphatic carboxylic acids is 1. The maximum Gasteiger partial charge on any atom is 0.308 e. The Morgan fingerprint density at radius 3 is 2.57 bits per heavy atom. The second kappa shape index (κ2) is 6.98. The second-order valence-corrected chi connectivity index (χ2v) is 6.37. The number of hydrogen-bond donors (Lipinski definition) is 2. The van der Waals surface area contributed by atoms with Crippen LogP contribution in [0.4, 0.5) is 0 Å². The predicted octanol–water partition coefficient (Wildman–Crippen LogP) is 2.39. The lowest BCUT2D eigenvalue weighted by molar-refractivity contribution is -0.142. The minimum absolute atomic E-state index is 0.233. The average molecular weight is 318 g/mol. The van der Waals surface area contributed by atoms with E-state index in [4.69, 9.17) is 9.84 Å². The molecule has 124 valence electrons. The topological polar surface area (TPSA) is 88.5 Å². The van der Waals surface area contributed by atoms with E-state index < -0.39 is 11.9 Å². The minimum atomic E-state index is -0.841. The summed E-state index contributed by atoms with van der Waals surface area (Å²) in [6.07, 6.45) is 8.38. The van der Waals surface area contributed by atoms with Crippen LogP contribution in [0.2, 0.25) is 0 Å². The molecule has 2 saturated carbocycles. The first kappa shape index (κ1) is 15.8. The number of aromatic nitrogens is 1. The summed E-state index contributed by atoms with van der Waals surface area (Å²) < 4.78 is 5.77. The van der Waals surface area contributed by atoms with Gasteiger partial charge in [0.25, 0.3) is 5.91 Å². The van der Waals surface area contributed by atoms with Crippen LogP contribution in [0.5, 0.6) is 5.88 Å². The minimum Gasteiger partial charge on any atom is -0.481 e. The van der Waals surface area contributed by atoms with Crippen molar-refractivity contribution in [3.05, 3.63) is 23.9 Å². The van der Waals surface area contributed by atoms with Crippen LogP contribution in [0.1, 0.15) is 55.3 Å². The zero-order valence-corrected chi connectivity index (χ0v) is 13.0. The molecule has 2 aliphatic rings. The molecule has 23 heavy (non-hydrogen) atoms. The van der Waals surface area contributed by atoms with E-state index >= 15 is 0 Å². The van der Waals surface area contributed by atoms with E-state index in [1.54, 1.807) is 12.1 Å². The number of carbonyl (C=O) groups excluding carboxylic acids is 1. The van der Waals surface area contributed by atoms with Gasteiger partial charge in [0.15, 0.2) is 0 Å². The standard InChI is InChI=1S/C17H22N2O4/c20-16(19-14-7-3-6-13(14)17(21)22)11-8-9-15(18-10-11)23-12-4-1-2-5-12/h8-10,12-14H,1-7H2,(H,19,20)(H,21,22)/t13-,14+/m1/s1. The van der Waals surface area contributed by atoms with Crippen molar-refractivity contribution in [3.63, 3.8) is 0 Å². The molecule has 1 aromatic rings. The number of rotatable bonds is 5. The first-order valence-corrected chi connectivity index (χ1v) is 8.30. The number of nitrogens with one attached hydrogen (secondary N) is 1. The van der Waals surface area contributed by atoms with Gasteiger partial charge in [0, 0.05) is 18.3 Å². The highest BCUT2D eigenvalue weighted by molar-refractivity contribution is 5.94. The Morgan fingerprint density at radius 1 is 1.13 bits per heavy atom. The normalized spacial score (nSPS) is 24.5. The van der Waals surface area contributed by atoms with E-state index in [1.807, 2.05) is 0 Å². The fourth-order valence-corrected chi connectivity index (χ4v) is 3.44. The van der Waals surface area contributed by atoms with Crippen LogP contribution < -0.4 is 10.1 Å². The lowest BCUT2D eigenvalue weighted by Gasteiger charge is -2.17. The van der Waals surface area contributed by atoms with Gasteiger partial charge in [-0.2, -0.15) is 0 Å². The maximum atomic E-state index is 12.2. The molecular weight excluding hydrogens is 296 g/mol. The molecule has 6 heteroatoms. The zero-order chi connectivity index (χ0) is 16.2. The largest absolute Gasteiger partial charge is 0.481 e. The number of carboxylic acid groups (broad SMARTS) is 1. The van der Waals surface area contributed by atoms with Crippen LogP contribution in [0.15, 0.2) is 18.3 Å². The molecule has 2 fully saturated rings. The molecule has 0 unspecified atom stereocenters. The zero-order valence-electron chi connectivity index (χ0n) is 13.0. The van der Waals surface area contributed by atoms with Crippen LogP contribution in [0.25, 0.3) is 0 Å². The van der Waals surface area contributed by atoms with E-state index in [0.717, 1.165) is 19.3 Å². The monoisotopic (exact) mass is 318 g/mol. The van der Waals surface area contributed by atoms with Crippen molar-refractivity contribution in [2.24, 2.45) is 5.92 Å². The molecule has 0 radical (unpaired) electrons. The summed E-state index contributed by atoms with van der Waals surface area (Å²) in [6.45, 7) is 0. The molecule has 1 aromatic heterocycles. The first-order chi connectivity index (χ1) is 11.1. The molecule has 0 aliphatic heterocycles. The van der Waals surface area contributed by atoms with Gasteiger partial charge in [-0.1, -0.05) is 6.42 Å². The van der Waals surface area contributed by atoms with Crippen molar-refractivity contribution in [2.75, 3.05) is 0 Å². The van der Waals surface area contributed by atoms with Crippen molar-refractivity contribution >= 4 is 11.9 Å². The van der Waals surface area contributed by atoms with Crippen LogP contribution in [0, 0.1) is 5.92 Å². The van der Waals surface area contributed by atoms with E-state index in [2.05, 4.69) is 10.3 Å². The van der Waals surface area contributed by atoms with Crippen LogP contribution in [-0.2, 0) is 4.79 Å². The lowest BCUT2D eigenvalue weighted by atomic mass is 10.0. The third-order valence-corrected chi connectivity index (χ3v) is 4.74. The summed E-state index contributed by atoms with van der Waals surface area (Å²) in [7, 11) is 0. The Bertz CT molecular complexity index is 566. The van der Waals surface area contributed by atoms with Gasteiger partial charge in [0.1, 0.15) is 6.10 Å². The summed E-state index contributed by atoms with van der Waals surface area (Å²) in [6, 6.07) is 3.09. The number of hydrogen-bond acceptors (Lipinski definition) is 4. The summed E-state index contributed by atoms with van der Waals surface area (Å²) in [5.74, 6) is -1.07. The fourth-order valence-electron chi connectivity index (χ4n) is 3.44. The van der Waals surface area contributed by atoms with E-state index in [1.165, 1.54) is 19.0 Å². The number of ether oxygens (including phenoxy) is 1. The second-order valence-electron chi connectivity index (χ2n) is 6.37. The molecule has 0 bridgehead atoms. The van der Waals surface area contributed by atoms with E-state index in [9.17, 15) is 9.59 Å². The van der Waals surface area contributed by atoms with E-state index in [0.29, 0.717) is 24.3 Å². The van der Waals surface area contributed by atoms with Crippen molar-refractivity contribution in [3.8, 4) is 5.88 Å². The highest BCUT2D eigenvalue weighted by atomic mass is 16.5. The molecule has 1 amide bonds. The smallest absolute Gasteiger partial charge is 0.308 e. The van der Waals surface area contributed by atoms with Crippen LogP contribution >= 0.6 is 0 Å². The number of amides is 1. The highest BCUT2D eigenvalue weighted by Crippen LogP contribution is 2.26. The Balaban J connectivity index is 1.58. The summed E-state index contributed by atoms with van der Waals surface area (Å²) in [5.41, 5.74) is 0.430. The number of carbonyl (C=O) groups is 2. The summed E-state index contributed by atoms with van der Waals surface area (Å²) >= 11 is 0. The quantitative estimate of drug-likeness (QED) is 0.870. The maximum absolute atomic E-state index is 12.2. The van der Waals surface area contributed by atoms with Crippen molar-refractivity contribution in [1.29, 1.82) is 0 Å². The third-order valence-electron chi connectivity index (χ3n) is 4.74. The molecular formula is C17H22N2O4. The molecule has 6 nitrogen and oxygen atoms in total. The van der Waals surface area contributed by atoms with Gasteiger partial charge in [-0.05, 0) is 44.6 Å². The SMILES string of the molecule is O=C(N[C@H]1CCC[C@H]1C(=O)O)c1ccc(OC2CCCC2)nc1. The number of nitrogens with zero attached hydrogens (tertiary/aromatic N) is 1. The summed E-state index contributed by atoms with van der Waals surface area (Å²) in [5, 5.41) is 12.0. The third kappa shape index (κ3) is 3.81. The molecule has 1 heterocycles. The van der Waals surface area contributed by atoms with Gasteiger partial charge in [-0.25, -0.2) is 4.98 Å². The van der Waals surface area contributed by atoms with Crippen LogP contribution in [-0.4, -0.2) is 34.1 Å². The molecule has 2 aliphatic carbocycles. The molecule has 2 N–H and O–H groups in total. The fraction of sp³-hybridized carbons (Fsp3) is 0.588. The first-order valence-electron chi connectivity index (χ1n) is 8.30. The van der Waals surface area contributed by atoms with Crippen molar-refractivity contribution in [1.82, 2.24) is 10.3 Å². The molecule has 2 atom stereocenters. The number of carboxylic acids is 1. The molecule has 0 spiro atoms. The van der Waals surface area contributed by atoms with Gasteiger partial charge in [0.2, 0.25) is 5.88 Å². The van der Waals surface area contributed by atoms with Crippen molar-refractivity contribution in [2.45, 2.75) is 57.1 Å². The predicted molar refractivity (Wildman–Crippen MR) is 83.4 cm³/mol. The molecule has 0 aromatic carbocycles. The highest BCUT2D eigenvalue weighted by Gasteiger charge is 2.34. The summed E-state index contributed by atoms with van der Waals surface area (Å²) in [4.78, 5) is 27.6. The van der Waals surface area contributed by atoms with Gasteiger partial charge in [-0.15, -0.1) is 0 Å². The lowest BCUT2D eigenvalue weighted by Crippen LogP contribution is -2.40. The Labute approximate surface area is 135 Å². The van der Waals surface area contributed by atoms with E-state index in [-0.39, 0.29) is 18.1 Å². The van der Waals surface area contributed by atoms with Gasteiger partial charge < -0.3 is 15.2 Å². The van der Waals surface area contributed by atoms with Crippen LogP contribution in [0.3, 0.4) is 0 Å². The Kier molecular flexibility index (Phi) is 4.79. The number of pyridine rings is 1. The van der Waals surface area contributed by atoms with Gasteiger partial charge in [0.05, 0.1) is 11.5 Å². The Hall–Kier alpha value is -2.11.